The number of aryl methyl sites for hydroxylation is 1. The van der Waals surface area contributed by atoms with Gasteiger partial charge in [0, 0.05) is 5.56 Å². The quantitative estimate of drug-likeness (QED) is 0.718. The van der Waals surface area contributed by atoms with E-state index in [2.05, 4.69) is 0 Å². The van der Waals surface area contributed by atoms with E-state index in [1.54, 1.807) is 6.92 Å². The monoisotopic (exact) mass is 222 g/mol. The standard InChI is InChI=1S/C13H18O3/c1-4-15-12-8-10(3)6-7-11(12)9-13(14)16-5-2/h6-8H,4-5,9H2,1-3H3. The van der Waals surface area contributed by atoms with Gasteiger partial charge >= 0.3 is 5.97 Å². The fourth-order valence-corrected chi connectivity index (χ4v) is 1.47. The molecule has 0 bridgehead atoms. The summed E-state index contributed by atoms with van der Waals surface area (Å²) >= 11 is 0. The average Bonchev–Trinajstić information content (AvgIpc) is 2.23. The lowest BCUT2D eigenvalue weighted by molar-refractivity contribution is -0.142. The van der Waals surface area contributed by atoms with Crippen molar-refractivity contribution in [2.24, 2.45) is 0 Å². The molecule has 16 heavy (non-hydrogen) atoms. The predicted molar refractivity (Wildman–Crippen MR) is 62.7 cm³/mol. The second kappa shape index (κ2) is 6.16. The van der Waals surface area contributed by atoms with Gasteiger partial charge in [0.2, 0.25) is 0 Å². The van der Waals surface area contributed by atoms with Crippen LogP contribution in [0.2, 0.25) is 0 Å². The van der Waals surface area contributed by atoms with Crippen LogP contribution in [0.4, 0.5) is 0 Å². The molecule has 88 valence electrons. The van der Waals surface area contributed by atoms with Gasteiger partial charge in [-0.2, -0.15) is 0 Å². The fraction of sp³-hybridized carbons (Fsp3) is 0.462. The maximum absolute atomic E-state index is 11.4. The molecule has 3 nitrogen and oxygen atoms in total. The van der Waals surface area contributed by atoms with E-state index in [1.165, 1.54) is 0 Å². The summed E-state index contributed by atoms with van der Waals surface area (Å²) in [5.74, 6) is 0.558. The Kier molecular flexibility index (Phi) is 4.83. The van der Waals surface area contributed by atoms with Gasteiger partial charge in [0.25, 0.3) is 0 Å². The number of esters is 1. The van der Waals surface area contributed by atoms with Crippen molar-refractivity contribution in [3.05, 3.63) is 29.3 Å². The Bertz CT molecular complexity index is 358. The van der Waals surface area contributed by atoms with E-state index < -0.39 is 0 Å². The summed E-state index contributed by atoms with van der Waals surface area (Å²) in [6, 6.07) is 5.83. The van der Waals surface area contributed by atoms with Crippen LogP contribution in [0.1, 0.15) is 25.0 Å². The smallest absolute Gasteiger partial charge is 0.310 e. The molecule has 1 rings (SSSR count). The van der Waals surface area contributed by atoms with Gasteiger partial charge in [-0.05, 0) is 32.4 Å². The van der Waals surface area contributed by atoms with Crippen molar-refractivity contribution >= 4 is 5.97 Å². The third-order valence-corrected chi connectivity index (χ3v) is 2.16. The molecule has 0 saturated carbocycles. The number of ether oxygens (including phenoxy) is 2. The van der Waals surface area contributed by atoms with E-state index in [4.69, 9.17) is 9.47 Å². The van der Waals surface area contributed by atoms with E-state index in [1.807, 2.05) is 32.0 Å². The highest BCUT2D eigenvalue weighted by atomic mass is 16.5. The normalized spacial score (nSPS) is 9.94. The van der Waals surface area contributed by atoms with Gasteiger partial charge in [-0.3, -0.25) is 4.79 Å². The number of hydrogen-bond acceptors (Lipinski definition) is 3. The molecule has 1 aromatic rings. The molecular weight excluding hydrogens is 204 g/mol. The lowest BCUT2D eigenvalue weighted by atomic mass is 10.1. The molecule has 0 spiro atoms. The molecular formula is C13H18O3. The summed E-state index contributed by atoms with van der Waals surface area (Å²) in [7, 11) is 0. The van der Waals surface area contributed by atoms with Crippen LogP contribution < -0.4 is 4.74 Å². The van der Waals surface area contributed by atoms with E-state index in [0.717, 1.165) is 16.9 Å². The Morgan fingerprint density at radius 1 is 1.25 bits per heavy atom. The molecule has 0 amide bonds. The molecule has 0 unspecified atom stereocenters. The second-order valence-electron chi connectivity index (χ2n) is 3.53. The van der Waals surface area contributed by atoms with Gasteiger partial charge in [0.15, 0.2) is 0 Å². The first-order valence-corrected chi connectivity index (χ1v) is 5.55. The molecule has 1 aromatic carbocycles. The van der Waals surface area contributed by atoms with Gasteiger partial charge in [0.05, 0.1) is 19.6 Å². The summed E-state index contributed by atoms with van der Waals surface area (Å²) in [6.07, 6.45) is 0.267. The predicted octanol–water partition coefficient (Wildman–Crippen LogP) is 2.50. The minimum atomic E-state index is -0.215. The molecule has 0 N–H and O–H groups in total. The zero-order valence-corrected chi connectivity index (χ0v) is 10.1. The number of rotatable bonds is 5. The summed E-state index contributed by atoms with van der Waals surface area (Å²) in [5.41, 5.74) is 2.00. The van der Waals surface area contributed by atoms with E-state index in [0.29, 0.717) is 13.2 Å². The summed E-state index contributed by atoms with van der Waals surface area (Å²) in [5, 5.41) is 0. The molecule has 0 aliphatic carbocycles. The Morgan fingerprint density at radius 2 is 2.00 bits per heavy atom. The van der Waals surface area contributed by atoms with Crippen molar-refractivity contribution in [3.63, 3.8) is 0 Å². The third kappa shape index (κ3) is 3.57. The molecule has 0 aromatic heterocycles. The number of hydrogen-bond donors (Lipinski definition) is 0. The molecule has 0 saturated heterocycles. The first-order chi connectivity index (χ1) is 7.67. The highest BCUT2D eigenvalue weighted by Crippen LogP contribution is 2.21. The van der Waals surface area contributed by atoms with E-state index in [9.17, 15) is 4.79 Å². The minimum Gasteiger partial charge on any atom is -0.494 e. The Balaban J connectivity index is 2.81. The topological polar surface area (TPSA) is 35.5 Å². The van der Waals surface area contributed by atoms with Crippen LogP contribution >= 0.6 is 0 Å². The maximum Gasteiger partial charge on any atom is 0.310 e. The van der Waals surface area contributed by atoms with Gasteiger partial charge in [0.1, 0.15) is 5.75 Å². The van der Waals surface area contributed by atoms with E-state index in [-0.39, 0.29) is 12.4 Å². The highest BCUT2D eigenvalue weighted by molar-refractivity contribution is 5.73. The Labute approximate surface area is 96.4 Å². The van der Waals surface area contributed by atoms with Gasteiger partial charge in [-0.1, -0.05) is 12.1 Å². The minimum absolute atomic E-state index is 0.215. The van der Waals surface area contributed by atoms with Crippen molar-refractivity contribution in [3.8, 4) is 5.75 Å². The van der Waals surface area contributed by atoms with Crippen molar-refractivity contribution < 1.29 is 14.3 Å². The number of benzene rings is 1. The maximum atomic E-state index is 11.4. The number of carbonyl (C=O) groups excluding carboxylic acids is 1. The molecule has 0 aliphatic heterocycles. The molecule has 3 heteroatoms. The van der Waals surface area contributed by atoms with Crippen molar-refractivity contribution in [1.82, 2.24) is 0 Å². The fourth-order valence-electron chi connectivity index (χ4n) is 1.47. The van der Waals surface area contributed by atoms with Crippen LogP contribution in [-0.2, 0) is 16.0 Å². The SMILES string of the molecule is CCOC(=O)Cc1ccc(C)cc1OCC. The van der Waals surface area contributed by atoms with Crippen LogP contribution in [0.5, 0.6) is 5.75 Å². The molecule has 0 atom stereocenters. The van der Waals surface area contributed by atoms with E-state index >= 15 is 0 Å². The van der Waals surface area contributed by atoms with Crippen molar-refractivity contribution in [2.75, 3.05) is 13.2 Å². The summed E-state index contributed by atoms with van der Waals surface area (Å²) in [6.45, 7) is 6.73. The second-order valence-corrected chi connectivity index (χ2v) is 3.53. The first-order valence-electron chi connectivity index (χ1n) is 5.55. The van der Waals surface area contributed by atoms with Crippen LogP contribution in [0.3, 0.4) is 0 Å². The largest absolute Gasteiger partial charge is 0.494 e. The molecule has 0 radical (unpaired) electrons. The first kappa shape index (κ1) is 12.6. The highest BCUT2D eigenvalue weighted by Gasteiger charge is 2.09. The van der Waals surface area contributed by atoms with Crippen LogP contribution in [0.15, 0.2) is 18.2 Å². The number of carbonyl (C=O) groups is 1. The van der Waals surface area contributed by atoms with Crippen molar-refractivity contribution in [2.45, 2.75) is 27.2 Å². The molecule has 0 fully saturated rings. The van der Waals surface area contributed by atoms with Crippen LogP contribution in [-0.4, -0.2) is 19.2 Å². The van der Waals surface area contributed by atoms with Crippen molar-refractivity contribution in [1.29, 1.82) is 0 Å². The van der Waals surface area contributed by atoms with Crippen LogP contribution in [0, 0.1) is 6.92 Å². The average molecular weight is 222 g/mol. The Morgan fingerprint density at radius 3 is 2.62 bits per heavy atom. The van der Waals surface area contributed by atoms with Gasteiger partial charge in [-0.15, -0.1) is 0 Å². The zero-order chi connectivity index (χ0) is 12.0. The lowest BCUT2D eigenvalue weighted by Gasteiger charge is -2.10. The lowest BCUT2D eigenvalue weighted by Crippen LogP contribution is -2.09. The van der Waals surface area contributed by atoms with Crippen LogP contribution in [0.25, 0.3) is 0 Å². The third-order valence-electron chi connectivity index (χ3n) is 2.16. The summed E-state index contributed by atoms with van der Waals surface area (Å²) in [4.78, 5) is 11.4. The Hall–Kier alpha value is -1.51. The molecule has 0 aliphatic rings. The van der Waals surface area contributed by atoms with Gasteiger partial charge < -0.3 is 9.47 Å². The summed E-state index contributed by atoms with van der Waals surface area (Å²) < 4.78 is 10.4. The molecule has 0 heterocycles. The zero-order valence-electron chi connectivity index (χ0n) is 10.1. The van der Waals surface area contributed by atoms with Gasteiger partial charge in [-0.25, -0.2) is 0 Å².